The first-order valence-electron chi connectivity index (χ1n) is 7.70. The fourth-order valence-corrected chi connectivity index (χ4v) is 2.10. The van der Waals surface area contributed by atoms with Gasteiger partial charge < -0.3 is 15.4 Å². The summed E-state index contributed by atoms with van der Waals surface area (Å²) in [5.74, 6) is 1.33. The van der Waals surface area contributed by atoms with E-state index in [4.69, 9.17) is 4.74 Å². The van der Waals surface area contributed by atoms with Gasteiger partial charge in [-0.3, -0.25) is 4.79 Å². The highest BCUT2D eigenvalue weighted by atomic mass is 16.5. The van der Waals surface area contributed by atoms with Gasteiger partial charge in [-0.05, 0) is 24.5 Å². The zero-order valence-corrected chi connectivity index (χ0v) is 13.5. The predicted octanol–water partition coefficient (Wildman–Crippen LogP) is 2.28. The van der Waals surface area contributed by atoms with Gasteiger partial charge in [0.15, 0.2) is 0 Å². The largest absolute Gasteiger partial charge is 0.496 e. The van der Waals surface area contributed by atoms with Gasteiger partial charge in [0.25, 0.3) is 5.91 Å². The molecule has 0 aliphatic rings. The molecule has 0 aliphatic carbocycles. The standard InChI is InChI=1S/C17H22N4O2/c1-3-9-19-17(22)14-11-21-16(12-20-14)18-10-8-13-6-4-5-7-15(13)23-2/h4-7,11-12H,3,8-10H2,1-2H3,(H,18,21)(H,19,22). The van der Waals surface area contributed by atoms with Gasteiger partial charge in [-0.2, -0.15) is 0 Å². The highest BCUT2D eigenvalue weighted by Gasteiger charge is 2.07. The number of benzene rings is 1. The molecule has 0 saturated carbocycles. The summed E-state index contributed by atoms with van der Waals surface area (Å²) in [4.78, 5) is 20.1. The monoisotopic (exact) mass is 314 g/mol. The van der Waals surface area contributed by atoms with Crippen molar-refractivity contribution in [1.82, 2.24) is 15.3 Å². The molecule has 1 heterocycles. The number of nitrogens with zero attached hydrogens (tertiary/aromatic N) is 2. The molecule has 1 aromatic heterocycles. The number of methoxy groups -OCH3 is 1. The second-order valence-corrected chi connectivity index (χ2v) is 5.03. The van der Waals surface area contributed by atoms with Crippen LogP contribution in [0.5, 0.6) is 5.75 Å². The number of hydrogen-bond donors (Lipinski definition) is 2. The predicted molar refractivity (Wildman–Crippen MR) is 89.8 cm³/mol. The van der Waals surface area contributed by atoms with E-state index in [1.165, 1.54) is 6.20 Å². The summed E-state index contributed by atoms with van der Waals surface area (Å²) >= 11 is 0. The van der Waals surface area contributed by atoms with Crippen molar-refractivity contribution in [3.05, 3.63) is 47.9 Å². The van der Waals surface area contributed by atoms with Crippen LogP contribution < -0.4 is 15.4 Å². The van der Waals surface area contributed by atoms with E-state index in [1.54, 1.807) is 13.3 Å². The van der Waals surface area contributed by atoms with Crippen LogP contribution >= 0.6 is 0 Å². The van der Waals surface area contributed by atoms with Gasteiger partial charge >= 0.3 is 0 Å². The fourth-order valence-electron chi connectivity index (χ4n) is 2.10. The lowest BCUT2D eigenvalue weighted by Crippen LogP contribution is -2.25. The number of para-hydroxylation sites is 1. The molecule has 0 atom stereocenters. The Morgan fingerprint density at radius 2 is 2.00 bits per heavy atom. The Hall–Kier alpha value is -2.63. The summed E-state index contributed by atoms with van der Waals surface area (Å²) in [6.45, 7) is 3.34. The number of hydrogen-bond acceptors (Lipinski definition) is 5. The van der Waals surface area contributed by atoms with Crippen molar-refractivity contribution in [3.63, 3.8) is 0 Å². The number of aromatic nitrogens is 2. The first-order chi connectivity index (χ1) is 11.2. The van der Waals surface area contributed by atoms with E-state index in [0.29, 0.717) is 24.6 Å². The number of nitrogens with one attached hydrogen (secondary N) is 2. The summed E-state index contributed by atoms with van der Waals surface area (Å²) in [5.41, 5.74) is 1.46. The Morgan fingerprint density at radius 3 is 2.70 bits per heavy atom. The minimum Gasteiger partial charge on any atom is -0.496 e. The van der Waals surface area contributed by atoms with E-state index >= 15 is 0 Å². The molecular formula is C17H22N4O2. The molecule has 2 rings (SSSR count). The Bertz CT molecular complexity index is 629. The Labute approximate surface area is 136 Å². The van der Waals surface area contributed by atoms with Gasteiger partial charge in [-0.1, -0.05) is 25.1 Å². The van der Waals surface area contributed by atoms with E-state index in [2.05, 4.69) is 20.6 Å². The van der Waals surface area contributed by atoms with Crippen molar-refractivity contribution < 1.29 is 9.53 Å². The average molecular weight is 314 g/mol. The average Bonchev–Trinajstić information content (AvgIpc) is 2.60. The molecule has 0 fully saturated rings. The lowest BCUT2D eigenvalue weighted by atomic mass is 10.1. The number of carbonyl (C=O) groups excluding carboxylic acids is 1. The number of carbonyl (C=O) groups is 1. The summed E-state index contributed by atoms with van der Waals surface area (Å²) < 4.78 is 5.32. The van der Waals surface area contributed by atoms with Gasteiger partial charge in [-0.25, -0.2) is 9.97 Å². The molecule has 0 aliphatic heterocycles. The summed E-state index contributed by atoms with van der Waals surface area (Å²) in [6, 6.07) is 7.91. The van der Waals surface area contributed by atoms with Crippen LogP contribution in [-0.4, -0.2) is 36.1 Å². The van der Waals surface area contributed by atoms with E-state index in [-0.39, 0.29) is 5.91 Å². The topological polar surface area (TPSA) is 76.1 Å². The van der Waals surface area contributed by atoms with Crippen molar-refractivity contribution in [3.8, 4) is 5.75 Å². The minimum atomic E-state index is -0.195. The van der Waals surface area contributed by atoms with Crippen LogP contribution in [0.25, 0.3) is 0 Å². The zero-order chi connectivity index (χ0) is 16.5. The highest BCUT2D eigenvalue weighted by Crippen LogP contribution is 2.17. The van der Waals surface area contributed by atoms with Gasteiger partial charge in [0.1, 0.15) is 17.3 Å². The van der Waals surface area contributed by atoms with Gasteiger partial charge in [-0.15, -0.1) is 0 Å². The minimum absolute atomic E-state index is 0.195. The molecule has 23 heavy (non-hydrogen) atoms. The molecule has 6 heteroatoms. The Balaban J connectivity index is 1.85. The molecule has 6 nitrogen and oxygen atoms in total. The van der Waals surface area contributed by atoms with Gasteiger partial charge in [0.05, 0.1) is 19.5 Å². The molecule has 2 N–H and O–H groups in total. The van der Waals surface area contributed by atoms with E-state index < -0.39 is 0 Å². The second-order valence-electron chi connectivity index (χ2n) is 5.03. The Morgan fingerprint density at radius 1 is 1.17 bits per heavy atom. The van der Waals surface area contributed by atoms with Crippen LogP contribution in [0, 0.1) is 0 Å². The lowest BCUT2D eigenvalue weighted by Gasteiger charge is -2.09. The summed E-state index contributed by atoms with van der Waals surface area (Å²) in [6.07, 6.45) is 4.76. The fraction of sp³-hybridized carbons (Fsp3) is 0.353. The number of amides is 1. The third-order valence-electron chi connectivity index (χ3n) is 3.31. The van der Waals surface area contributed by atoms with Gasteiger partial charge in [0.2, 0.25) is 0 Å². The number of ether oxygens (including phenoxy) is 1. The van der Waals surface area contributed by atoms with E-state index in [1.807, 2.05) is 31.2 Å². The summed E-state index contributed by atoms with van der Waals surface area (Å²) in [7, 11) is 1.67. The molecule has 1 aromatic carbocycles. The maximum absolute atomic E-state index is 11.7. The van der Waals surface area contributed by atoms with E-state index in [9.17, 15) is 4.79 Å². The normalized spacial score (nSPS) is 10.2. The SMILES string of the molecule is CCCNC(=O)c1cnc(NCCc2ccccc2OC)cn1. The molecule has 2 aromatic rings. The van der Waals surface area contributed by atoms with Crippen molar-refractivity contribution in [2.24, 2.45) is 0 Å². The molecular weight excluding hydrogens is 292 g/mol. The molecule has 0 radical (unpaired) electrons. The number of rotatable bonds is 8. The zero-order valence-electron chi connectivity index (χ0n) is 13.5. The van der Waals surface area contributed by atoms with Crippen LogP contribution in [0.15, 0.2) is 36.7 Å². The molecule has 0 saturated heterocycles. The first kappa shape index (κ1) is 16.7. The van der Waals surface area contributed by atoms with Crippen LogP contribution in [0.1, 0.15) is 29.4 Å². The maximum atomic E-state index is 11.7. The third-order valence-corrected chi connectivity index (χ3v) is 3.31. The number of anilines is 1. The smallest absolute Gasteiger partial charge is 0.271 e. The highest BCUT2D eigenvalue weighted by molar-refractivity contribution is 5.91. The van der Waals surface area contributed by atoms with E-state index in [0.717, 1.165) is 24.2 Å². The summed E-state index contributed by atoms with van der Waals surface area (Å²) in [5, 5.41) is 5.96. The van der Waals surface area contributed by atoms with Crippen LogP contribution in [0.3, 0.4) is 0 Å². The van der Waals surface area contributed by atoms with Gasteiger partial charge in [0, 0.05) is 13.1 Å². The van der Waals surface area contributed by atoms with Crippen molar-refractivity contribution in [2.75, 3.05) is 25.5 Å². The van der Waals surface area contributed by atoms with Crippen LogP contribution in [0.4, 0.5) is 5.82 Å². The molecule has 0 unspecified atom stereocenters. The molecule has 0 spiro atoms. The third kappa shape index (κ3) is 4.95. The molecule has 122 valence electrons. The van der Waals surface area contributed by atoms with Crippen LogP contribution in [0.2, 0.25) is 0 Å². The maximum Gasteiger partial charge on any atom is 0.271 e. The molecule has 1 amide bonds. The van der Waals surface area contributed by atoms with Crippen molar-refractivity contribution in [2.45, 2.75) is 19.8 Å². The Kier molecular flexibility index (Phi) is 6.35. The van der Waals surface area contributed by atoms with Crippen molar-refractivity contribution >= 4 is 11.7 Å². The van der Waals surface area contributed by atoms with Crippen molar-refractivity contribution in [1.29, 1.82) is 0 Å². The quantitative estimate of drug-likeness (QED) is 0.782. The second kappa shape index (κ2) is 8.73. The first-order valence-corrected chi connectivity index (χ1v) is 7.70. The molecule has 0 bridgehead atoms. The van der Waals surface area contributed by atoms with Crippen LogP contribution in [-0.2, 0) is 6.42 Å². The lowest BCUT2D eigenvalue weighted by molar-refractivity contribution is 0.0948.